The zero-order valence-corrected chi connectivity index (χ0v) is 8.92. The molecule has 13 heavy (non-hydrogen) atoms. The summed E-state index contributed by atoms with van der Waals surface area (Å²) in [5.41, 5.74) is 6.30. The fraction of sp³-hybridized carbons (Fsp3) is 1.00. The average molecular weight is 182 g/mol. The number of nitrogens with two attached hydrogens (primary N) is 1. The summed E-state index contributed by atoms with van der Waals surface area (Å²) in [4.78, 5) is 2.59. The smallest absolute Gasteiger partial charge is 0.0357 e. The zero-order chi connectivity index (χ0) is 9.47. The SMILES string of the molecule is CC1CCC1(CN)N(C)C1CCC1. The van der Waals surface area contributed by atoms with Gasteiger partial charge >= 0.3 is 0 Å². The van der Waals surface area contributed by atoms with E-state index in [1.807, 2.05) is 0 Å². The van der Waals surface area contributed by atoms with Crippen LogP contribution in [-0.4, -0.2) is 30.1 Å². The summed E-state index contributed by atoms with van der Waals surface area (Å²) in [6, 6.07) is 0.839. The molecule has 2 saturated carbocycles. The maximum Gasteiger partial charge on any atom is 0.0357 e. The molecule has 2 rings (SSSR count). The molecule has 2 unspecified atom stereocenters. The molecule has 0 radical (unpaired) electrons. The molecular weight excluding hydrogens is 160 g/mol. The van der Waals surface area contributed by atoms with E-state index >= 15 is 0 Å². The van der Waals surface area contributed by atoms with Crippen molar-refractivity contribution in [3.05, 3.63) is 0 Å². The van der Waals surface area contributed by atoms with E-state index in [4.69, 9.17) is 5.73 Å². The van der Waals surface area contributed by atoms with Crippen molar-refractivity contribution in [2.24, 2.45) is 11.7 Å². The predicted molar refractivity (Wildman–Crippen MR) is 55.6 cm³/mol. The average Bonchev–Trinajstić information content (AvgIpc) is 2.00. The molecule has 76 valence electrons. The van der Waals surface area contributed by atoms with E-state index in [1.54, 1.807) is 0 Å². The van der Waals surface area contributed by atoms with E-state index in [9.17, 15) is 0 Å². The van der Waals surface area contributed by atoms with Gasteiger partial charge in [0.05, 0.1) is 0 Å². The fourth-order valence-electron chi connectivity index (χ4n) is 2.88. The van der Waals surface area contributed by atoms with Crippen LogP contribution in [0.25, 0.3) is 0 Å². The van der Waals surface area contributed by atoms with Crippen molar-refractivity contribution < 1.29 is 0 Å². The van der Waals surface area contributed by atoms with Gasteiger partial charge in [-0.3, -0.25) is 4.90 Å². The molecule has 0 aromatic rings. The highest BCUT2D eigenvalue weighted by atomic mass is 15.2. The molecule has 2 fully saturated rings. The highest BCUT2D eigenvalue weighted by Gasteiger charge is 2.48. The van der Waals surface area contributed by atoms with E-state index in [0.29, 0.717) is 5.54 Å². The molecule has 2 aliphatic rings. The summed E-state index contributed by atoms with van der Waals surface area (Å²) in [5, 5.41) is 0. The van der Waals surface area contributed by atoms with E-state index in [1.165, 1.54) is 32.1 Å². The van der Waals surface area contributed by atoms with Crippen molar-refractivity contribution in [3.8, 4) is 0 Å². The molecular formula is C11H22N2. The second-order valence-electron chi connectivity index (χ2n) is 4.94. The second kappa shape index (κ2) is 3.25. The summed E-state index contributed by atoms with van der Waals surface area (Å²) in [6.45, 7) is 3.20. The quantitative estimate of drug-likeness (QED) is 0.718. The lowest BCUT2D eigenvalue weighted by atomic mass is 9.65. The number of likely N-dealkylation sites (N-methyl/N-ethyl adjacent to an activating group) is 1. The normalized spacial score (nSPS) is 40.2. The second-order valence-corrected chi connectivity index (χ2v) is 4.94. The van der Waals surface area contributed by atoms with Crippen LogP contribution >= 0.6 is 0 Å². The molecule has 0 aromatic heterocycles. The Hall–Kier alpha value is -0.0800. The van der Waals surface area contributed by atoms with Crippen molar-refractivity contribution >= 4 is 0 Å². The van der Waals surface area contributed by atoms with Crippen LogP contribution in [0.4, 0.5) is 0 Å². The first-order valence-electron chi connectivity index (χ1n) is 5.64. The van der Waals surface area contributed by atoms with Crippen LogP contribution in [0.5, 0.6) is 0 Å². The summed E-state index contributed by atoms with van der Waals surface area (Å²) in [7, 11) is 2.28. The number of rotatable bonds is 3. The number of hydrogen-bond donors (Lipinski definition) is 1. The number of hydrogen-bond acceptors (Lipinski definition) is 2. The lowest BCUT2D eigenvalue weighted by Gasteiger charge is -2.57. The fourth-order valence-corrected chi connectivity index (χ4v) is 2.88. The van der Waals surface area contributed by atoms with E-state index in [-0.39, 0.29) is 0 Å². The Morgan fingerprint density at radius 1 is 1.38 bits per heavy atom. The molecule has 2 aliphatic carbocycles. The Kier molecular flexibility index (Phi) is 2.37. The Morgan fingerprint density at radius 3 is 2.31 bits per heavy atom. The van der Waals surface area contributed by atoms with Gasteiger partial charge in [-0.25, -0.2) is 0 Å². The Bertz CT molecular complexity index is 185. The van der Waals surface area contributed by atoms with Gasteiger partial charge in [0.25, 0.3) is 0 Å². The largest absolute Gasteiger partial charge is 0.329 e. The van der Waals surface area contributed by atoms with Crippen LogP contribution in [0.3, 0.4) is 0 Å². The van der Waals surface area contributed by atoms with Gasteiger partial charge in [0.15, 0.2) is 0 Å². The third kappa shape index (κ3) is 1.23. The van der Waals surface area contributed by atoms with Crippen molar-refractivity contribution in [2.45, 2.75) is 50.6 Å². The third-order valence-electron chi connectivity index (χ3n) is 4.61. The lowest BCUT2D eigenvalue weighted by molar-refractivity contribution is -0.0574. The summed E-state index contributed by atoms with van der Waals surface area (Å²) in [5.74, 6) is 0.808. The molecule has 0 amide bonds. The maximum atomic E-state index is 5.94. The summed E-state index contributed by atoms with van der Waals surface area (Å²) < 4.78 is 0. The number of nitrogens with zero attached hydrogens (tertiary/aromatic N) is 1. The van der Waals surface area contributed by atoms with Crippen LogP contribution in [0.1, 0.15) is 39.0 Å². The molecule has 0 bridgehead atoms. The Morgan fingerprint density at radius 2 is 2.08 bits per heavy atom. The minimum absolute atomic E-state index is 0.366. The molecule has 0 heterocycles. The van der Waals surface area contributed by atoms with Gasteiger partial charge in [0.1, 0.15) is 0 Å². The van der Waals surface area contributed by atoms with Crippen LogP contribution in [0.15, 0.2) is 0 Å². The monoisotopic (exact) mass is 182 g/mol. The van der Waals surface area contributed by atoms with Gasteiger partial charge in [0, 0.05) is 18.1 Å². The lowest BCUT2D eigenvalue weighted by Crippen LogP contribution is -2.65. The van der Waals surface area contributed by atoms with Gasteiger partial charge in [0.2, 0.25) is 0 Å². The van der Waals surface area contributed by atoms with E-state index in [0.717, 1.165) is 18.5 Å². The topological polar surface area (TPSA) is 29.3 Å². The van der Waals surface area contributed by atoms with Crippen molar-refractivity contribution in [1.82, 2.24) is 4.90 Å². The van der Waals surface area contributed by atoms with Crippen LogP contribution in [-0.2, 0) is 0 Å². The van der Waals surface area contributed by atoms with Gasteiger partial charge in [-0.15, -0.1) is 0 Å². The van der Waals surface area contributed by atoms with Crippen LogP contribution < -0.4 is 5.73 Å². The summed E-state index contributed by atoms with van der Waals surface area (Å²) in [6.07, 6.45) is 6.89. The first kappa shape index (κ1) is 9.47. The first-order valence-corrected chi connectivity index (χ1v) is 5.64. The molecule has 0 spiro atoms. The van der Waals surface area contributed by atoms with Gasteiger partial charge < -0.3 is 5.73 Å². The molecule has 2 heteroatoms. The molecule has 0 aromatic carbocycles. The molecule has 2 atom stereocenters. The third-order valence-corrected chi connectivity index (χ3v) is 4.61. The molecule has 0 saturated heterocycles. The van der Waals surface area contributed by atoms with Crippen LogP contribution in [0, 0.1) is 5.92 Å². The highest BCUT2D eigenvalue weighted by molar-refractivity contribution is 5.05. The zero-order valence-electron chi connectivity index (χ0n) is 8.92. The van der Waals surface area contributed by atoms with Gasteiger partial charge in [-0.05, 0) is 38.6 Å². The standard InChI is InChI=1S/C11H22N2/c1-9-6-7-11(9,8-12)13(2)10-4-3-5-10/h9-10H,3-8,12H2,1-2H3. The van der Waals surface area contributed by atoms with Crippen LogP contribution in [0.2, 0.25) is 0 Å². The molecule has 2 N–H and O–H groups in total. The minimum atomic E-state index is 0.366. The van der Waals surface area contributed by atoms with Gasteiger partial charge in [-0.2, -0.15) is 0 Å². The molecule has 0 aliphatic heterocycles. The highest BCUT2D eigenvalue weighted by Crippen LogP contribution is 2.44. The van der Waals surface area contributed by atoms with E-state index in [2.05, 4.69) is 18.9 Å². The molecule has 2 nitrogen and oxygen atoms in total. The Balaban J connectivity index is 2.02. The minimum Gasteiger partial charge on any atom is -0.329 e. The maximum absolute atomic E-state index is 5.94. The van der Waals surface area contributed by atoms with Crippen molar-refractivity contribution in [1.29, 1.82) is 0 Å². The summed E-state index contributed by atoms with van der Waals surface area (Å²) >= 11 is 0. The predicted octanol–water partition coefficient (Wildman–Crippen LogP) is 1.60. The van der Waals surface area contributed by atoms with Gasteiger partial charge in [-0.1, -0.05) is 13.3 Å². The Labute approximate surface area is 81.5 Å². The first-order chi connectivity index (χ1) is 6.20. The van der Waals surface area contributed by atoms with Crippen molar-refractivity contribution in [2.75, 3.05) is 13.6 Å². The van der Waals surface area contributed by atoms with E-state index < -0.39 is 0 Å². The van der Waals surface area contributed by atoms with Crippen molar-refractivity contribution in [3.63, 3.8) is 0 Å².